The van der Waals surface area contributed by atoms with Crippen LogP contribution in [0.1, 0.15) is 23.2 Å². The highest BCUT2D eigenvalue weighted by Gasteiger charge is 2.37. The van der Waals surface area contributed by atoms with Gasteiger partial charge in [-0.25, -0.2) is 13.4 Å². The molecule has 0 spiro atoms. The molecule has 0 radical (unpaired) electrons. The maximum absolute atomic E-state index is 13.1. The summed E-state index contributed by atoms with van der Waals surface area (Å²) in [7, 11) is -3.59. The van der Waals surface area contributed by atoms with E-state index in [4.69, 9.17) is 10.5 Å². The first kappa shape index (κ1) is 23.4. The second kappa shape index (κ2) is 9.16. The summed E-state index contributed by atoms with van der Waals surface area (Å²) in [6, 6.07) is 8.92. The number of carbonyl (C=O) groups excluding carboxylic acids is 1. The van der Waals surface area contributed by atoms with Gasteiger partial charge in [0.25, 0.3) is 5.91 Å². The predicted molar refractivity (Wildman–Crippen MR) is 137 cm³/mol. The molecule has 37 heavy (non-hydrogen) atoms. The van der Waals surface area contributed by atoms with E-state index in [1.54, 1.807) is 0 Å². The van der Waals surface area contributed by atoms with Crippen LogP contribution in [0.15, 0.2) is 53.8 Å². The van der Waals surface area contributed by atoms with Crippen molar-refractivity contribution < 1.29 is 17.9 Å². The van der Waals surface area contributed by atoms with Crippen molar-refractivity contribution in [3.63, 3.8) is 0 Å². The van der Waals surface area contributed by atoms with Crippen LogP contribution in [0.2, 0.25) is 0 Å². The first-order valence-electron chi connectivity index (χ1n) is 12.0. The average molecular weight is 523 g/mol. The number of pyridine rings is 1. The molecule has 3 aromatic rings. The van der Waals surface area contributed by atoms with E-state index in [2.05, 4.69) is 30.5 Å². The highest BCUT2D eigenvalue weighted by atomic mass is 32.2. The van der Waals surface area contributed by atoms with Gasteiger partial charge in [-0.3, -0.25) is 9.78 Å². The van der Waals surface area contributed by atoms with Gasteiger partial charge in [0, 0.05) is 56.0 Å². The van der Waals surface area contributed by atoms with Gasteiger partial charge in [-0.1, -0.05) is 0 Å². The fourth-order valence-corrected chi connectivity index (χ4v) is 6.03. The Morgan fingerprint density at radius 2 is 1.95 bits per heavy atom. The lowest BCUT2D eigenvalue weighted by Gasteiger charge is -2.45. The van der Waals surface area contributed by atoms with Gasteiger partial charge in [-0.05, 0) is 37.1 Å². The highest BCUT2D eigenvalue weighted by molar-refractivity contribution is 7.89. The van der Waals surface area contributed by atoms with Gasteiger partial charge in [0.2, 0.25) is 16.0 Å². The van der Waals surface area contributed by atoms with Crippen LogP contribution in [0.5, 0.6) is 5.75 Å². The number of fused-ring (bicyclic) bond motifs is 3. The standard InChI is InChI=1S/C24H26N8O4S/c25-22(33)19-12-27-24(30-23(19)28-15-1-2-15)29-16-3-4-20-21(11-16)36-14-17-13-31(9-10-32(17)20)37(34,35)18-5-7-26-8-6-18/h3-8,11-12,15,17H,1-2,9-10,13-14H2,(H2,25,33)(H2,27,28,29,30)/t17-/m0/s1. The minimum Gasteiger partial charge on any atom is -0.489 e. The van der Waals surface area contributed by atoms with Crippen molar-refractivity contribution in [2.24, 2.45) is 5.73 Å². The van der Waals surface area contributed by atoms with Gasteiger partial charge in [-0.15, -0.1) is 0 Å². The second-order valence-electron chi connectivity index (χ2n) is 9.25. The number of nitrogens with one attached hydrogen (secondary N) is 2. The summed E-state index contributed by atoms with van der Waals surface area (Å²) in [4.78, 5) is 26.8. The number of nitrogens with two attached hydrogens (primary N) is 1. The third-order valence-electron chi connectivity index (χ3n) is 6.66. The minimum absolute atomic E-state index is 0.0996. The summed E-state index contributed by atoms with van der Waals surface area (Å²) in [5, 5.41) is 6.39. The molecule has 1 aromatic carbocycles. The minimum atomic E-state index is -3.59. The topological polar surface area (TPSA) is 156 Å². The molecule has 12 nitrogen and oxygen atoms in total. The largest absolute Gasteiger partial charge is 0.489 e. The molecule has 13 heteroatoms. The van der Waals surface area contributed by atoms with Crippen LogP contribution in [0, 0.1) is 0 Å². The van der Waals surface area contributed by atoms with Gasteiger partial charge in [0.1, 0.15) is 18.2 Å². The summed E-state index contributed by atoms with van der Waals surface area (Å²) in [5.74, 6) is 0.859. The lowest BCUT2D eigenvalue weighted by atomic mass is 10.1. The number of hydrogen-bond donors (Lipinski definition) is 3. The number of piperazine rings is 1. The molecule has 4 N–H and O–H groups in total. The molecular formula is C24H26N8O4S. The third kappa shape index (κ3) is 4.62. The van der Waals surface area contributed by atoms with E-state index in [0.29, 0.717) is 49.8 Å². The number of nitrogens with zero attached hydrogens (tertiary/aromatic N) is 5. The number of hydrogen-bond acceptors (Lipinski definition) is 10. The number of carbonyl (C=O) groups is 1. The summed E-state index contributed by atoms with van der Waals surface area (Å²) < 4.78 is 33.7. The Morgan fingerprint density at radius 3 is 2.70 bits per heavy atom. The molecule has 0 bridgehead atoms. The molecule has 0 unspecified atom stereocenters. The number of anilines is 4. The average Bonchev–Trinajstić information content (AvgIpc) is 3.72. The van der Waals surface area contributed by atoms with E-state index in [9.17, 15) is 13.2 Å². The summed E-state index contributed by atoms with van der Waals surface area (Å²) in [5.41, 5.74) is 7.35. The molecule has 6 rings (SSSR count). The number of ether oxygens (including phenoxy) is 1. The normalized spacial score (nSPS) is 19.4. The predicted octanol–water partition coefficient (Wildman–Crippen LogP) is 1.56. The van der Waals surface area contributed by atoms with Crippen LogP contribution >= 0.6 is 0 Å². The summed E-state index contributed by atoms with van der Waals surface area (Å²) in [6.07, 6.45) is 6.43. The van der Waals surface area contributed by atoms with Crippen molar-refractivity contribution in [3.8, 4) is 5.75 Å². The number of benzene rings is 1. The highest BCUT2D eigenvalue weighted by Crippen LogP contribution is 2.38. The second-order valence-corrected chi connectivity index (χ2v) is 11.2. The molecule has 3 aliphatic rings. The molecule has 4 heterocycles. The zero-order valence-electron chi connectivity index (χ0n) is 19.9. The molecule has 1 aliphatic carbocycles. The van der Waals surface area contributed by atoms with E-state index in [1.165, 1.54) is 35.0 Å². The number of sulfonamides is 1. The SMILES string of the molecule is NC(=O)c1cnc(Nc2ccc3c(c2)OC[C@@H]2CN(S(=O)(=O)c4ccncc4)CCN32)nc1NC1CC1. The van der Waals surface area contributed by atoms with Crippen LogP contribution in [0.25, 0.3) is 0 Å². The van der Waals surface area contributed by atoms with Crippen LogP contribution in [0.4, 0.5) is 23.1 Å². The van der Waals surface area contributed by atoms with E-state index < -0.39 is 15.9 Å². The van der Waals surface area contributed by atoms with Crippen LogP contribution in [-0.4, -0.2) is 71.9 Å². The molecule has 1 saturated carbocycles. The van der Waals surface area contributed by atoms with Gasteiger partial charge in [-0.2, -0.15) is 9.29 Å². The van der Waals surface area contributed by atoms with E-state index in [-0.39, 0.29) is 16.5 Å². The number of primary amides is 1. The molecule has 1 amide bonds. The quantitative estimate of drug-likeness (QED) is 0.416. The molecule has 1 saturated heterocycles. The van der Waals surface area contributed by atoms with Crippen molar-refractivity contribution >= 4 is 39.1 Å². The Balaban J connectivity index is 1.18. The van der Waals surface area contributed by atoms with E-state index in [0.717, 1.165) is 24.2 Å². The maximum atomic E-state index is 13.1. The molecule has 2 fully saturated rings. The van der Waals surface area contributed by atoms with Crippen molar-refractivity contribution in [2.75, 3.05) is 41.8 Å². The van der Waals surface area contributed by atoms with E-state index >= 15 is 0 Å². The number of aromatic nitrogens is 3. The Kier molecular flexibility index (Phi) is 5.80. The Hall–Kier alpha value is -3.97. The summed E-state index contributed by atoms with van der Waals surface area (Å²) in [6.45, 7) is 1.61. The summed E-state index contributed by atoms with van der Waals surface area (Å²) >= 11 is 0. The van der Waals surface area contributed by atoms with Gasteiger partial charge in [0.05, 0.1) is 22.2 Å². The third-order valence-corrected chi connectivity index (χ3v) is 8.54. The molecule has 2 aromatic heterocycles. The lowest BCUT2D eigenvalue weighted by Crippen LogP contribution is -2.58. The van der Waals surface area contributed by atoms with Crippen molar-refractivity contribution in [1.29, 1.82) is 0 Å². The fourth-order valence-electron chi connectivity index (χ4n) is 4.58. The zero-order valence-corrected chi connectivity index (χ0v) is 20.7. The van der Waals surface area contributed by atoms with Gasteiger partial charge in [0.15, 0.2) is 0 Å². The zero-order chi connectivity index (χ0) is 25.6. The fraction of sp³-hybridized carbons (Fsp3) is 0.333. The van der Waals surface area contributed by atoms with E-state index in [1.807, 2.05) is 18.2 Å². The van der Waals surface area contributed by atoms with Crippen LogP contribution in [-0.2, 0) is 10.0 Å². The Morgan fingerprint density at radius 1 is 1.14 bits per heavy atom. The van der Waals surface area contributed by atoms with Crippen molar-refractivity contribution in [3.05, 3.63) is 54.5 Å². The molecule has 2 aliphatic heterocycles. The molecule has 1 atom stereocenters. The lowest BCUT2D eigenvalue weighted by molar-refractivity contribution is 0.100. The first-order valence-corrected chi connectivity index (χ1v) is 13.5. The van der Waals surface area contributed by atoms with Crippen molar-refractivity contribution in [1.82, 2.24) is 19.3 Å². The Bertz CT molecular complexity index is 1450. The monoisotopic (exact) mass is 522 g/mol. The number of rotatable bonds is 7. The maximum Gasteiger partial charge on any atom is 0.254 e. The smallest absolute Gasteiger partial charge is 0.254 e. The van der Waals surface area contributed by atoms with Gasteiger partial charge < -0.3 is 26.0 Å². The molecular weight excluding hydrogens is 496 g/mol. The number of amides is 1. The molecule has 192 valence electrons. The van der Waals surface area contributed by atoms with Crippen molar-refractivity contribution in [2.45, 2.75) is 29.8 Å². The van der Waals surface area contributed by atoms with Crippen LogP contribution < -0.4 is 26.0 Å². The van der Waals surface area contributed by atoms with Crippen LogP contribution in [0.3, 0.4) is 0 Å². The van der Waals surface area contributed by atoms with Gasteiger partial charge >= 0.3 is 0 Å². The first-order chi connectivity index (χ1) is 17.9. The Labute approximate surface area is 213 Å².